The fourth-order valence-corrected chi connectivity index (χ4v) is 9.18. The molecule has 0 aliphatic carbocycles. The van der Waals surface area contributed by atoms with Gasteiger partial charge in [0.2, 0.25) is 0 Å². The van der Waals surface area contributed by atoms with Gasteiger partial charge in [-0.15, -0.1) is 22.7 Å². The van der Waals surface area contributed by atoms with E-state index in [0.29, 0.717) is 17.5 Å². The highest BCUT2D eigenvalue weighted by molar-refractivity contribution is 7.26. The Morgan fingerprint density at radius 3 is 1.64 bits per heavy atom. The summed E-state index contributed by atoms with van der Waals surface area (Å²) in [7, 11) is 0. The zero-order valence-corrected chi connectivity index (χ0v) is 28.4. The molecule has 0 N–H and O–H groups in total. The first-order valence-electron chi connectivity index (χ1n) is 16.6. The summed E-state index contributed by atoms with van der Waals surface area (Å²) in [5.41, 5.74) is 7.51. The van der Waals surface area contributed by atoms with E-state index >= 15 is 0 Å². The molecule has 10 rings (SSSR count). The lowest BCUT2D eigenvalue weighted by atomic mass is 9.95. The molecule has 10 aromatic rings. The molecule has 3 nitrogen and oxygen atoms in total. The molecule has 50 heavy (non-hydrogen) atoms. The van der Waals surface area contributed by atoms with Gasteiger partial charge in [0.1, 0.15) is 0 Å². The molecular weight excluding hydrogens is 647 g/mol. The topological polar surface area (TPSA) is 38.7 Å². The summed E-state index contributed by atoms with van der Waals surface area (Å²) in [5, 5.41) is 5.11. The quantitative estimate of drug-likeness (QED) is 0.182. The maximum Gasteiger partial charge on any atom is 0.164 e. The normalized spacial score (nSPS) is 11.6. The molecular formula is C45H27N3S2. The van der Waals surface area contributed by atoms with Crippen molar-refractivity contribution in [3.05, 3.63) is 164 Å². The second-order valence-corrected chi connectivity index (χ2v) is 14.6. The highest BCUT2D eigenvalue weighted by atomic mass is 32.1. The van der Waals surface area contributed by atoms with E-state index < -0.39 is 0 Å². The lowest BCUT2D eigenvalue weighted by molar-refractivity contribution is 1.07. The minimum Gasteiger partial charge on any atom is -0.208 e. The van der Waals surface area contributed by atoms with Crippen LogP contribution in [0.5, 0.6) is 0 Å². The smallest absolute Gasteiger partial charge is 0.164 e. The van der Waals surface area contributed by atoms with E-state index in [1.54, 1.807) is 0 Å². The van der Waals surface area contributed by atoms with Gasteiger partial charge in [-0.05, 0) is 64.7 Å². The Bertz CT molecular complexity index is 2870. The van der Waals surface area contributed by atoms with Crippen LogP contribution >= 0.6 is 22.7 Å². The summed E-state index contributed by atoms with van der Waals surface area (Å²) < 4.78 is 5.08. The van der Waals surface area contributed by atoms with Crippen molar-refractivity contribution in [2.45, 2.75) is 0 Å². The van der Waals surface area contributed by atoms with Gasteiger partial charge in [-0.25, -0.2) is 15.0 Å². The maximum atomic E-state index is 5.20. The Hall–Kier alpha value is -6.01. The second-order valence-electron chi connectivity index (χ2n) is 12.4. The van der Waals surface area contributed by atoms with Gasteiger partial charge >= 0.3 is 0 Å². The number of thiophene rings is 2. The molecule has 0 aliphatic rings. The number of hydrogen-bond donors (Lipinski definition) is 0. The van der Waals surface area contributed by atoms with Gasteiger partial charge in [-0.2, -0.15) is 0 Å². The molecule has 0 spiro atoms. The summed E-state index contributed by atoms with van der Waals surface area (Å²) in [4.78, 5) is 15.4. The molecule has 0 atom stereocenters. The van der Waals surface area contributed by atoms with Gasteiger partial charge in [-0.1, -0.05) is 121 Å². The molecule has 0 radical (unpaired) electrons. The summed E-state index contributed by atoms with van der Waals surface area (Å²) in [6.45, 7) is 0. The largest absolute Gasteiger partial charge is 0.208 e. The van der Waals surface area contributed by atoms with Crippen molar-refractivity contribution in [2.75, 3.05) is 0 Å². The summed E-state index contributed by atoms with van der Waals surface area (Å²) in [5.74, 6) is 1.96. The van der Waals surface area contributed by atoms with Crippen molar-refractivity contribution in [2.24, 2.45) is 0 Å². The van der Waals surface area contributed by atoms with Crippen molar-refractivity contribution >= 4 is 63.0 Å². The van der Waals surface area contributed by atoms with E-state index in [4.69, 9.17) is 15.0 Å². The van der Waals surface area contributed by atoms with Crippen LogP contribution in [0, 0.1) is 0 Å². The van der Waals surface area contributed by atoms with E-state index in [0.717, 1.165) is 27.8 Å². The number of fused-ring (bicyclic) bond motifs is 6. The summed E-state index contributed by atoms with van der Waals surface area (Å²) in [6, 6.07) is 57.9. The third-order valence-electron chi connectivity index (χ3n) is 9.32. The van der Waals surface area contributed by atoms with Gasteiger partial charge in [0, 0.05) is 57.0 Å². The lowest BCUT2D eigenvalue weighted by Crippen LogP contribution is -2.00. The standard InChI is InChI=1S/C45H27N3S2/c1-3-12-28(13-4-1)30-16-11-17-32(24-30)44-46-43(29-14-5-2-6-15-29)47-45(48-44)33-26-36(42-35-19-8-10-21-39(35)50-41(42)27-33)31-22-23-40-37(25-31)34-18-7-9-20-38(34)49-40/h1-27H. The monoisotopic (exact) mass is 673 g/mol. The zero-order chi connectivity index (χ0) is 33.0. The number of benzene rings is 7. The first kappa shape index (κ1) is 29.0. The third kappa shape index (κ3) is 4.98. The van der Waals surface area contributed by atoms with Gasteiger partial charge in [0.05, 0.1) is 0 Å². The Labute approximate surface area is 296 Å². The van der Waals surface area contributed by atoms with E-state index in [9.17, 15) is 0 Å². The molecule has 0 saturated carbocycles. The predicted octanol–water partition coefficient (Wildman–Crippen LogP) is 12.9. The van der Waals surface area contributed by atoms with Crippen LogP contribution in [0.1, 0.15) is 0 Å². The molecule has 3 heterocycles. The van der Waals surface area contributed by atoms with Crippen LogP contribution in [-0.2, 0) is 0 Å². The number of hydrogen-bond acceptors (Lipinski definition) is 5. The molecule has 0 fully saturated rings. The van der Waals surface area contributed by atoms with Crippen molar-refractivity contribution in [1.29, 1.82) is 0 Å². The SMILES string of the molecule is c1ccc(-c2cccc(-c3nc(-c4ccccc4)nc(-c4cc(-c5ccc6sc7ccccc7c6c5)c5c(c4)sc4ccccc45)n3)c2)cc1. The fraction of sp³-hybridized carbons (Fsp3) is 0. The molecule has 5 heteroatoms. The van der Waals surface area contributed by atoms with Gasteiger partial charge in [-0.3, -0.25) is 0 Å². The molecule has 0 saturated heterocycles. The summed E-state index contributed by atoms with van der Waals surface area (Å²) in [6.07, 6.45) is 0. The van der Waals surface area contributed by atoms with E-state index in [1.165, 1.54) is 51.5 Å². The van der Waals surface area contributed by atoms with Crippen LogP contribution in [-0.4, -0.2) is 15.0 Å². The van der Waals surface area contributed by atoms with Crippen molar-refractivity contribution in [3.63, 3.8) is 0 Å². The Morgan fingerprint density at radius 1 is 0.300 bits per heavy atom. The average molecular weight is 674 g/mol. The van der Waals surface area contributed by atoms with Crippen molar-refractivity contribution in [1.82, 2.24) is 15.0 Å². The molecule has 7 aromatic carbocycles. The van der Waals surface area contributed by atoms with Crippen LogP contribution in [0.25, 0.3) is 96.8 Å². The molecule has 234 valence electrons. The minimum atomic E-state index is 0.649. The highest BCUT2D eigenvalue weighted by Crippen LogP contribution is 2.44. The Morgan fingerprint density at radius 2 is 0.860 bits per heavy atom. The molecule has 3 aromatic heterocycles. The van der Waals surface area contributed by atoms with Gasteiger partial charge < -0.3 is 0 Å². The van der Waals surface area contributed by atoms with E-state index in [2.05, 4.69) is 140 Å². The molecule has 0 bridgehead atoms. The van der Waals surface area contributed by atoms with Gasteiger partial charge in [0.25, 0.3) is 0 Å². The van der Waals surface area contributed by atoms with E-state index in [1.807, 2.05) is 46.9 Å². The lowest BCUT2D eigenvalue weighted by Gasteiger charge is -2.12. The third-order valence-corrected chi connectivity index (χ3v) is 11.6. The average Bonchev–Trinajstić information content (AvgIpc) is 3.76. The highest BCUT2D eigenvalue weighted by Gasteiger charge is 2.18. The summed E-state index contributed by atoms with van der Waals surface area (Å²) >= 11 is 3.67. The number of rotatable bonds is 5. The van der Waals surface area contributed by atoms with Crippen LogP contribution in [0.3, 0.4) is 0 Å². The predicted molar refractivity (Wildman–Crippen MR) is 213 cm³/mol. The first-order valence-corrected chi connectivity index (χ1v) is 18.2. The zero-order valence-electron chi connectivity index (χ0n) is 26.7. The van der Waals surface area contributed by atoms with E-state index in [-0.39, 0.29) is 0 Å². The second kappa shape index (κ2) is 11.8. The van der Waals surface area contributed by atoms with Crippen LogP contribution in [0.15, 0.2) is 164 Å². The maximum absolute atomic E-state index is 5.20. The minimum absolute atomic E-state index is 0.649. The Balaban J connectivity index is 1.21. The molecule has 0 amide bonds. The van der Waals surface area contributed by atoms with Crippen LogP contribution < -0.4 is 0 Å². The molecule has 0 aliphatic heterocycles. The number of nitrogens with zero attached hydrogens (tertiary/aromatic N) is 3. The van der Waals surface area contributed by atoms with Gasteiger partial charge in [0.15, 0.2) is 17.5 Å². The van der Waals surface area contributed by atoms with Crippen molar-refractivity contribution < 1.29 is 0 Å². The van der Waals surface area contributed by atoms with Crippen LogP contribution in [0.2, 0.25) is 0 Å². The molecule has 0 unspecified atom stereocenters. The van der Waals surface area contributed by atoms with Crippen LogP contribution in [0.4, 0.5) is 0 Å². The first-order chi connectivity index (χ1) is 24.7. The number of aromatic nitrogens is 3. The Kier molecular flexibility index (Phi) is 6.86. The fourth-order valence-electron chi connectivity index (χ4n) is 6.92. The van der Waals surface area contributed by atoms with Crippen molar-refractivity contribution in [3.8, 4) is 56.4 Å².